The lowest BCUT2D eigenvalue weighted by Crippen LogP contribution is -2.51. The molecule has 0 aliphatic heterocycles. The Kier molecular flexibility index (Phi) is 11.0. The Bertz CT molecular complexity index is 119. The smallest absolute Gasteiger partial charge is 0.0798 e. The first-order valence-electron chi connectivity index (χ1n) is 7.79. The lowest BCUT2D eigenvalue weighted by atomic mass is 10.1. The second kappa shape index (κ2) is 11.0. The van der Waals surface area contributed by atoms with Crippen molar-refractivity contribution in [3.8, 4) is 0 Å². The zero-order valence-corrected chi connectivity index (χ0v) is 12.5. The van der Waals surface area contributed by atoms with Crippen LogP contribution in [0.2, 0.25) is 0 Å². The van der Waals surface area contributed by atoms with Crippen LogP contribution >= 0.6 is 0 Å². The van der Waals surface area contributed by atoms with E-state index in [0.717, 1.165) is 6.54 Å². The van der Waals surface area contributed by atoms with Gasteiger partial charge in [0.1, 0.15) is 0 Å². The number of quaternary nitrogens is 1. The molecule has 0 aliphatic carbocycles. The summed E-state index contributed by atoms with van der Waals surface area (Å²) < 4.78 is 1.34. The fourth-order valence-electron chi connectivity index (χ4n) is 2.58. The van der Waals surface area contributed by atoms with Crippen LogP contribution in [0.5, 0.6) is 0 Å². The van der Waals surface area contributed by atoms with E-state index in [4.69, 9.17) is 5.73 Å². The van der Waals surface area contributed by atoms with Gasteiger partial charge in [0.15, 0.2) is 0 Å². The van der Waals surface area contributed by atoms with Gasteiger partial charge in [0.2, 0.25) is 0 Å². The highest BCUT2D eigenvalue weighted by atomic mass is 15.3. The second-order valence-electron chi connectivity index (χ2n) is 5.44. The molecule has 0 spiro atoms. The number of unbranched alkanes of at least 4 members (excludes halogenated alkanes) is 3. The molecule has 0 aromatic rings. The van der Waals surface area contributed by atoms with Gasteiger partial charge in [-0.15, -0.1) is 0 Å². The molecule has 0 atom stereocenters. The van der Waals surface area contributed by atoms with Crippen LogP contribution in [0, 0.1) is 0 Å². The fraction of sp³-hybridized carbons (Fsp3) is 1.00. The summed E-state index contributed by atoms with van der Waals surface area (Å²) in [5.41, 5.74) is 5.71. The molecule has 0 amide bonds. The van der Waals surface area contributed by atoms with E-state index in [1.807, 2.05) is 0 Å². The lowest BCUT2D eigenvalue weighted by Gasteiger charge is -2.39. The van der Waals surface area contributed by atoms with Crippen LogP contribution in [-0.2, 0) is 0 Å². The zero-order chi connectivity index (χ0) is 13.0. The highest BCUT2D eigenvalue weighted by Gasteiger charge is 2.24. The SMILES string of the molecule is CCCC[N+](CCCC)(CCCC)CCCN. The summed E-state index contributed by atoms with van der Waals surface area (Å²) in [6, 6.07) is 0. The third kappa shape index (κ3) is 7.77. The zero-order valence-electron chi connectivity index (χ0n) is 12.5. The first-order valence-corrected chi connectivity index (χ1v) is 7.79. The molecule has 0 heterocycles. The maximum atomic E-state index is 5.71. The molecule has 0 aromatic carbocycles. The highest BCUT2D eigenvalue weighted by Crippen LogP contribution is 2.15. The first kappa shape index (κ1) is 16.9. The summed E-state index contributed by atoms with van der Waals surface area (Å²) in [6.45, 7) is 13.2. The van der Waals surface area contributed by atoms with Crippen molar-refractivity contribution in [2.75, 3.05) is 32.7 Å². The van der Waals surface area contributed by atoms with Gasteiger partial charge in [0.25, 0.3) is 0 Å². The second-order valence-corrected chi connectivity index (χ2v) is 5.44. The maximum absolute atomic E-state index is 5.71. The molecule has 0 rings (SSSR count). The van der Waals surface area contributed by atoms with Gasteiger partial charge in [-0.3, -0.25) is 0 Å². The highest BCUT2D eigenvalue weighted by molar-refractivity contribution is 4.50. The molecule has 2 nitrogen and oxygen atoms in total. The average Bonchev–Trinajstić information content (AvgIpc) is 2.37. The quantitative estimate of drug-likeness (QED) is 0.521. The number of hydrogen-bond acceptors (Lipinski definition) is 1. The Balaban J connectivity index is 4.39. The molecule has 0 aromatic heterocycles. The molecule has 2 heteroatoms. The van der Waals surface area contributed by atoms with E-state index in [9.17, 15) is 0 Å². The van der Waals surface area contributed by atoms with Gasteiger partial charge in [-0.05, 0) is 25.8 Å². The van der Waals surface area contributed by atoms with E-state index in [0.29, 0.717) is 0 Å². The van der Waals surface area contributed by atoms with E-state index < -0.39 is 0 Å². The fourth-order valence-corrected chi connectivity index (χ4v) is 2.58. The summed E-state index contributed by atoms with van der Waals surface area (Å²) in [4.78, 5) is 0. The Morgan fingerprint density at radius 1 is 0.647 bits per heavy atom. The van der Waals surface area contributed by atoms with Crippen molar-refractivity contribution in [3.05, 3.63) is 0 Å². The predicted octanol–water partition coefficient (Wildman–Crippen LogP) is 3.55. The number of nitrogens with two attached hydrogens (primary N) is 1. The van der Waals surface area contributed by atoms with Crippen molar-refractivity contribution in [1.82, 2.24) is 0 Å². The minimum atomic E-state index is 0.852. The van der Waals surface area contributed by atoms with Crippen molar-refractivity contribution >= 4 is 0 Å². The predicted molar refractivity (Wildman–Crippen MR) is 78.1 cm³/mol. The van der Waals surface area contributed by atoms with Crippen LogP contribution in [0.25, 0.3) is 0 Å². The maximum Gasteiger partial charge on any atom is 0.0798 e. The molecule has 0 fully saturated rings. The van der Waals surface area contributed by atoms with E-state index >= 15 is 0 Å². The first-order chi connectivity index (χ1) is 8.24. The molecule has 0 saturated heterocycles. The van der Waals surface area contributed by atoms with Gasteiger partial charge in [0.05, 0.1) is 26.2 Å². The Labute approximate surface area is 109 Å². The molecular formula is C15H35N2+. The van der Waals surface area contributed by atoms with Crippen molar-refractivity contribution in [3.63, 3.8) is 0 Å². The molecule has 0 saturated carbocycles. The number of hydrogen-bond donors (Lipinski definition) is 1. The van der Waals surface area contributed by atoms with Crippen molar-refractivity contribution in [1.29, 1.82) is 0 Å². The Morgan fingerprint density at radius 2 is 1.00 bits per heavy atom. The summed E-state index contributed by atoms with van der Waals surface area (Å²) in [5.74, 6) is 0. The largest absolute Gasteiger partial charge is 0.330 e. The summed E-state index contributed by atoms with van der Waals surface area (Å²) >= 11 is 0. The number of rotatable bonds is 12. The van der Waals surface area contributed by atoms with Crippen molar-refractivity contribution < 1.29 is 4.48 Å². The van der Waals surface area contributed by atoms with Crippen molar-refractivity contribution in [2.45, 2.75) is 65.7 Å². The van der Waals surface area contributed by atoms with E-state index in [1.54, 1.807) is 0 Å². The van der Waals surface area contributed by atoms with Crippen LogP contribution in [0.3, 0.4) is 0 Å². The molecule has 0 bridgehead atoms. The topological polar surface area (TPSA) is 26.0 Å². The molecule has 0 aliphatic rings. The van der Waals surface area contributed by atoms with Crippen molar-refractivity contribution in [2.24, 2.45) is 5.73 Å². The summed E-state index contributed by atoms with van der Waals surface area (Å²) in [7, 11) is 0. The Hall–Kier alpha value is -0.0800. The molecule has 0 radical (unpaired) electrons. The molecule has 0 unspecified atom stereocenters. The van der Waals surface area contributed by atoms with Gasteiger partial charge in [0, 0.05) is 6.42 Å². The van der Waals surface area contributed by atoms with E-state index in [1.165, 1.54) is 75.6 Å². The standard InChI is InChI=1S/C15H35N2/c1-4-7-12-17(13-8-5-2,14-9-6-3)15-10-11-16/h4-16H2,1-3H3/q+1. The average molecular weight is 243 g/mol. The van der Waals surface area contributed by atoms with Gasteiger partial charge < -0.3 is 10.2 Å². The van der Waals surface area contributed by atoms with Gasteiger partial charge >= 0.3 is 0 Å². The van der Waals surface area contributed by atoms with Crippen LogP contribution in [0.15, 0.2) is 0 Å². The van der Waals surface area contributed by atoms with Crippen LogP contribution in [0.1, 0.15) is 65.7 Å². The van der Waals surface area contributed by atoms with Gasteiger partial charge in [-0.2, -0.15) is 0 Å². The molecule has 104 valence electrons. The van der Waals surface area contributed by atoms with E-state index in [2.05, 4.69) is 20.8 Å². The van der Waals surface area contributed by atoms with Gasteiger partial charge in [-0.1, -0.05) is 40.0 Å². The summed E-state index contributed by atoms with van der Waals surface area (Å²) in [6.07, 6.45) is 9.27. The molecular weight excluding hydrogens is 208 g/mol. The monoisotopic (exact) mass is 243 g/mol. The lowest BCUT2D eigenvalue weighted by molar-refractivity contribution is -0.929. The van der Waals surface area contributed by atoms with Crippen LogP contribution < -0.4 is 5.73 Å². The third-order valence-electron chi connectivity index (χ3n) is 3.79. The summed E-state index contributed by atoms with van der Waals surface area (Å²) in [5, 5.41) is 0. The van der Waals surface area contributed by atoms with Crippen LogP contribution in [0.4, 0.5) is 0 Å². The third-order valence-corrected chi connectivity index (χ3v) is 3.79. The van der Waals surface area contributed by atoms with Crippen LogP contribution in [-0.4, -0.2) is 37.2 Å². The minimum absolute atomic E-state index is 0.852. The van der Waals surface area contributed by atoms with E-state index in [-0.39, 0.29) is 0 Å². The molecule has 2 N–H and O–H groups in total. The normalized spacial score (nSPS) is 12.0. The molecule has 17 heavy (non-hydrogen) atoms. The Morgan fingerprint density at radius 3 is 1.29 bits per heavy atom. The van der Waals surface area contributed by atoms with Gasteiger partial charge in [-0.25, -0.2) is 0 Å². The minimum Gasteiger partial charge on any atom is -0.330 e. The number of nitrogens with zero attached hydrogens (tertiary/aromatic N) is 1.